The van der Waals surface area contributed by atoms with Gasteiger partial charge in [-0.05, 0) is 71.9 Å². The topological polar surface area (TPSA) is 79.8 Å². The van der Waals surface area contributed by atoms with Crippen LogP contribution in [0.15, 0.2) is 88.8 Å². The molecule has 0 radical (unpaired) electrons. The van der Waals surface area contributed by atoms with E-state index in [0.717, 1.165) is 5.56 Å². The van der Waals surface area contributed by atoms with E-state index in [1.807, 2.05) is 24.3 Å². The van der Waals surface area contributed by atoms with Gasteiger partial charge in [-0.25, -0.2) is 4.99 Å². The molecule has 1 aliphatic rings. The highest BCUT2D eigenvalue weighted by molar-refractivity contribution is 8.18. The first kappa shape index (κ1) is 21.7. The van der Waals surface area contributed by atoms with E-state index in [1.165, 1.54) is 11.8 Å². The summed E-state index contributed by atoms with van der Waals surface area (Å²) < 4.78 is 5.60. The van der Waals surface area contributed by atoms with Crippen molar-refractivity contribution >= 4 is 57.8 Å². The lowest BCUT2D eigenvalue weighted by atomic mass is 10.2. The van der Waals surface area contributed by atoms with Crippen LogP contribution in [0.25, 0.3) is 6.08 Å². The fraction of sp³-hybridized carbons (Fsp3) is 0.0417. The molecule has 4 rings (SSSR count). The summed E-state index contributed by atoms with van der Waals surface area (Å²) in [6.45, 7) is -0.123. The van der Waals surface area contributed by atoms with Crippen LogP contribution in [0.3, 0.4) is 0 Å². The summed E-state index contributed by atoms with van der Waals surface area (Å²) in [6.07, 6.45) is 1.75. The smallest absolute Gasteiger partial charge is 0.264 e. The first-order valence-electron chi connectivity index (χ1n) is 9.68. The maximum atomic E-state index is 12.3. The molecule has 2 N–H and O–H groups in total. The fourth-order valence-corrected chi connectivity index (χ4v) is 3.79. The molecule has 3 aromatic rings. The molecule has 1 heterocycles. The minimum absolute atomic E-state index is 0.123. The predicted molar refractivity (Wildman–Crippen MR) is 129 cm³/mol. The molecule has 0 unspecified atom stereocenters. The normalized spacial score (nSPS) is 15.6. The Bertz CT molecular complexity index is 1190. The average Bonchev–Trinajstić information content (AvgIpc) is 3.13. The molecule has 1 aliphatic heterocycles. The number of amidine groups is 1. The Morgan fingerprint density at radius 2 is 1.84 bits per heavy atom. The fourth-order valence-electron chi connectivity index (χ4n) is 2.83. The molecule has 0 atom stereocenters. The Hall–Kier alpha value is -3.55. The summed E-state index contributed by atoms with van der Waals surface area (Å²) in [5.74, 6) is 0.0473. The molecule has 0 aliphatic carbocycles. The van der Waals surface area contributed by atoms with Gasteiger partial charge < -0.3 is 15.4 Å². The molecule has 6 nitrogen and oxygen atoms in total. The number of aliphatic imine (C=N–C) groups is 1. The van der Waals surface area contributed by atoms with Gasteiger partial charge in [0.05, 0.1) is 10.6 Å². The molecule has 32 heavy (non-hydrogen) atoms. The molecular weight excluding hydrogens is 446 g/mol. The first-order valence-corrected chi connectivity index (χ1v) is 10.9. The monoisotopic (exact) mass is 463 g/mol. The van der Waals surface area contributed by atoms with Crippen molar-refractivity contribution in [2.45, 2.75) is 0 Å². The minimum atomic E-state index is -0.256. The number of benzene rings is 3. The molecule has 0 spiro atoms. The highest BCUT2D eigenvalue weighted by atomic mass is 35.5. The van der Waals surface area contributed by atoms with Crippen molar-refractivity contribution in [3.8, 4) is 5.75 Å². The summed E-state index contributed by atoms with van der Waals surface area (Å²) in [6, 6.07) is 23.4. The van der Waals surface area contributed by atoms with Crippen LogP contribution < -0.4 is 15.4 Å². The molecular formula is C24H18ClN3O3S. The number of hydrogen-bond donors (Lipinski definition) is 2. The number of amides is 2. The summed E-state index contributed by atoms with van der Waals surface area (Å²) in [5, 5.41) is 6.64. The second-order valence-electron chi connectivity index (χ2n) is 6.73. The highest BCUT2D eigenvalue weighted by Gasteiger charge is 2.23. The lowest BCUT2D eigenvalue weighted by Gasteiger charge is -2.08. The number of ether oxygens (including phenoxy) is 1. The number of para-hydroxylation sites is 1. The number of thioether (sulfide) groups is 1. The van der Waals surface area contributed by atoms with Crippen molar-refractivity contribution in [1.82, 2.24) is 5.32 Å². The molecule has 1 fully saturated rings. The number of carbonyl (C=O) groups is 2. The van der Waals surface area contributed by atoms with Crippen molar-refractivity contribution in [3.05, 3.63) is 94.4 Å². The van der Waals surface area contributed by atoms with E-state index in [-0.39, 0.29) is 18.4 Å². The van der Waals surface area contributed by atoms with E-state index in [9.17, 15) is 9.59 Å². The van der Waals surface area contributed by atoms with Crippen LogP contribution in [-0.4, -0.2) is 23.6 Å². The second kappa shape index (κ2) is 10.2. The molecule has 0 saturated carbocycles. The molecule has 2 amide bonds. The molecule has 1 saturated heterocycles. The van der Waals surface area contributed by atoms with E-state index in [1.54, 1.807) is 60.7 Å². The zero-order valence-corrected chi connectivity index (χ0v) is 18.3. The Balaban J connectivity index is 1.39. The Kier molecular flexibility index (Phi) is 6.89. The van der Waals surface area contributed by atoms with Gasteiger partial charge in [-0.2, -0.15) is 0 Å². The van der Waals surface area contributed by atoms with Crippen LogP contribution in [0.5, 0.6) is 5.75 Å². The van der Waals surface area contributed by atoms with Gasteiger partial charge in [0.25, 0.3) is 11.8 Å². The Labute approximate surface area is 194 Å². The SMILES string of the molecule is O=C(COc1cccc(C=C2SC(=Nc3ccc(Cl)cc3)NC2=O)c1)Nc1ccccc1. The Morgan fingerprint density at radius 3 is 2.62 bits per heavy atom. The summed E-state index contributed by atoms with van der Waals surface area (Å²) >= 11 is 7.14. The van der Waals surface area contributed by atoms with Gasteiger partial charge >= 0.3 is 0 Å². The van der Waals surface area contributed by atoms with Gasteiger partial charge in [-0.3, -0.25) is 9.59 Å². The largest absolute Gasteiger partial charge is 0.484 e. The predicted octanol–water partition coefficient (Wildman–Crippen LogP) is 5.25. The number of hydrogen-bond acceptors (Lipinski definition) is 5. The van der Waals surface area contributed by atoms with Crippen molar-refractivity contribution < 1.29 is 14.3 Å². The third-order valence-corrected chi connectivity index (χ3v) is 5.45. The Morgan fingerprint density at radius 1 is 1.06 bits per heavy atom. The van der Waals surface area contributed by atoms with Crippen molar-refractivity contribution in [2.24, 2.45) is 4.99 Å². The van der Waals surface area contributed by atoms with E-state index in [4.69, 9.17) is 16.3 Å². The van der Waals surface area contributed by atoms with Gasteiger partial charge in [0.15, 0.2) is 11.8 Å². The first-order chi connectivity index (χ1) is 15.5. The molecule has 3 aromatic carbocycles. The molecule has 0 aromatic heterocycles. The number of nitrogens with zero attached hydrogens (tertiary/aromatic N) is 1. The van der Waals surface area contributed by atoms with Crippen LogP contribution in [-0.2, 0) is 9.59 Å². The maximum Gasteiger partial charge on any atom is 0.264 e. The number of carbonyl (C=O) groups excluding carboxylic acids is 2. The third kappa shape index (κ3) is 6.00. The zero-order valence-electron chi connectivity index (χ0n) is 16.7. The van der Waals surface area contributed by atoms with Crippen LogP contribution in [0.4, 0.5) is 11.4 Å². The summed E-state index contributed by atoms with van der Waals surface area (Å²) in [4.78, 5) is 29.3. The molecule has 8 heteroatoms. The van der Waals surface area contributed by atoms with E-state index in [2.05, 4.69) is 15.6 Å². The van der Waals surface area contributed by atoms with Gasteiger partial charge in [0.2, 0.25) is 0 Å². The number of rotatable bonds is 6. The van der Waals surface area contributed by atoms with Crippen LogP contribution in [0, 0.1) is 0 Å². The lowest BCUT2D eigenvalue weighted by Crippen LogP contribution is -2.20. The van der Waals surface area contributed by atoms with Gasteiger partial charge in [0, 0.05) is 10.7 Å². The summed E-state index contributed by atoms with van der Waals surface area (Å²) in [5.41, 5.74) is 2.18. The standard InChI is InChI=1S/C24H18ClN3O3S/c25-17-9-11-19(12-10-17)27-24-28-23(30)21(32-24)14-16-5-4-8-20(13-16)31-15-22(29)26-18-6-2-1-3-7-18/h1-14H,15H2,(H,26,29)(H,27,28,30). The maximum absolute atomic E-state index is 12.3. The lowest BCUT2D eigenvalue weighted by molar-refractivity contribution is -0.118. The van der Waals surface area contributed by atoms with Gasteiger partial charge in [-0.15, -0.1) is 0 Å². The quantitative estimate of drug-likeness (QED) is 0.489. The van der Waals surface area contributed by atoms with Gasteiger partial charge in [0.1, 0.15) is 5.75 Å². The zero-order chi connectivity index (χ0) is 22.3. The average molecular weight is 464 g/mol. The van der Waals surface area contributed by atoms with E-state index in [0.29, 0.717) is 32.2 Å². The van der Waals surface area contributed by atoms with E-state index < -0.39 is 0 Å². The van der Waals surface area contributed by atoms with Gasteiger partial charge in [-0.1, -0.05) is 41.9 Å². The minimum Gasteiger partial charge on any atom is -0.484 e. The van der Waals surface area contributed by atoms with Crippen molar-refractivity contribution in [3.63, 3.8) is 0 Å². The van der Waals surface area contributed by atoms with E-state index >= 15 is 0 Å². The van der Waals surface area contributed by atoms with Crippen molar-refractivity contribution in [2.75, 3.05) is 11.9 Å². The van der Waals surface area contributed by atoms with Crippen LogP contribution in [0.2, 0.25) is 5.02 Å². The number of halogens is 1. The highest BCUT2D eigenvalue weighted by Crippen LogP contribution is 2.29. The van der Waals surface area contributed by atoms with Crippen LogP contribution >= 0.6 is 23.4 Å². The summed E-state index contributed by atoms with van der Waals surface area (Å²) in [7, 11) is 0. The second-order valence-corrected chi connectivity index (χ2v) is 8.20. The number of nitrogens with one attached hydrogen (secondary N) is 2. The van der Waals surface area contributed by atoms with Crippen molar-refractivity contribution in [1.29, 1.82) is 0 Å². The molecule has 160 valence electrons. The number of anilines is 1. The van der Waals surface area contributed by atoms with Crippen LogP contribution in [0.1, 0.15) is 5.56 Å². The molecule has 0 bridgehead atoms. The third-order valence-electron chi connectivity index (χ3n) is 4.29.